The summed E-state index contributed by atoms with van der Waals surface area (Å²) in [4.78, 5) is 4.12. The van der Waals surface area contributed by atoms with E-state index >= 15 is 0 Å². The molecule has 1 N–H and O–H groups in total. The minimum atomic E-state index is -0.265. The summed E-state index contributed by atoms with van der Waals surface area (Å²) >= 11 is 0. The molecule has 0 aliphatic heterocycles. The summed E-state index contributed by atoms with van der Waals surface area (Å²) in [5.41, 5.74) is 4.65. The lowest BCUT2D eigenvalue weighted by Crippen LogP contribution is -2.11. The number of halogens is 1. The summed E-state index contributed by atoms with van der Waals surface area (Å²) in [6, 6.07) is 16.2. The predicted molar refractivity (Wildman–Crippen MR) is 101 cm³/mol. The third-order valence-electron chi connectivity index (χ3n) is 4.24. The summed E-state index contributed by atoms with van der Waals surface area (Å²) in [7, 11) is 0. The minimum absolute atomic E-state index is 0.265. The molecule has 0 aliphatic carbocycles. The zero-order chi connectivity index (χ0) is 17.9. The first kappa shape index (κ1) is 16.0. The second-order valence-electron chi connectivity index (χ2n) is 5.96. The van der Waals surface area contributed by atoms with Crippen LogP contribution < -0.4 is 5.32 Å². The Balaban J connectivity index is 1.64. The number of aromatic nitrogens is 3. The Labute approximate surface area is 150 Å². The van der Waals surface area contributed by atoms with Crippen LogP contribution in [0.25, 0.3) is 22.3 Å². The van der Waals surface area contributed by atoms with Crippen molar-refractivity contribution in [1.29, 1.82) is 0 Å². The molecule has 0 aliphatic rings. The average molecular weight is 344 g/mol. The highest BCUT2D eigenvalue weighted by Gasteiger charge is 2.10. The van der Waals surface area contributed by atoms with Crippen molar-refractivity contribution in [2.75, 3.05) is 0 Å². The van der Waals surface area contributed by atoms with Crippen LogP contribution in [0, 0.1) is 5.82 Å². The van der Waals surface area contributed by atoms with Crippen LogP contribution in [-0.2, 0) is 6.54 Å². The fourth-order valence-electron chi connectivity index (χ4n) is 2.91. The molecule has 0 spiro atoms. The van der Waals surface area contributed by atoms with Crippen molar-refractivity contribution in [2.24, 2.45) is 0 Å². The summed E-state index contributed by atoms with van der Waals surface area (Å²) in [6.07, 6.45) is 5.39. The molecule has 0 fully saturated rings. The Morgan fingerprint density at radius 3 is 2.65 bits per heavy atom. The number of pyridine rings is 1. The molecule has 0 bridgehead atoms. The zero-order valence-electron chi connectivity index (χ0n) is 14.1. The molecule has 0 amide bonds. The Bertz CT molecular complexity index is 1050. The highest BCUT2D eigenvalue weighted by Crippen LogP contribution is 2.25. The number of nitrogens with one attached hydrogen (secondary N) is 1. The van der Waals surface area contributed by atoms with Crippen molar-refractivity contribution in [3.8, 4) is 5.69 Å². The van der Waals surface area contributed by atoms with E-state index in [4.69, 9.17) is 0 Å². The monoisotopic (exact) mass is 344 g/mol. The molecular weight excluding hydrogens is 327 g/mol. The smallest absolute Gasteiger partial charge is 0.123 e. The van der Waals surface area contributed by atoms with Gasteiger partial charge in [0.05, 0.1) is 17.4 Å². The fraction of sp³-hybridized carbons (Fsp3) is 0.0476. The lowest BCUT2D eigenvalue weighted by atomic mass is 10.1. The van der Waals surface area contributed by atoms with Gasteiger partial charge in [0.25, 0.3) is 0 Å². The quantitative estimate of drug-likeness (QED) is 0.586. The van der Waals surface area contributed by atoms with E-state index < -0.39 is 0 Å². The Morgan fingerprint density at radius 2 is 1.88 bits per heavy atom. The van der Waals surface area contributed by atoms with E-state index in [0.29, 0.717) is 6.54 Å². The molecule has 0 saturated carbocycles. The maximum Gasteiger partial charge on any atom is 0.123 e. The minimum Gasteiger partial charge on any atom is -0.381 e. The summed E-state index contributed by atoms with van der Waals surface area (Å²) < 4.78 is 15.0. The molecule has 26 heavy (non-hydrogen) atoms. The van der Waals surface area contributed by atoms with Crippen molar-refractivity contribution in [1.82, 2.24) is 20.1 Å². The number of hydrogen-bond acceptors (Lipinski definition) is 3. The third kappa shape index (κ3) is 3.07. The number of fused-ring (bicyclic) bond motifs is 1. The Hall–Kier alpha value is -3.47. The molecule has 2 aromatic heterocycles. The lowest BCUT2D eigenvalue weighted by Gasteiger charge is -2.11. The van der Waals surface area contributed by atoms with E-state index in [0.717, 1.165) is 33.4 Å². The first-order valence-corrected chi connectivity index (χ1v) is 8.27. The maximum absolute atomic E-state index is 13.2. The van der Waals surface area contributed by atoms with Gasteiger partial charge in [0.15, 0.2) is 0 Å². The van der Waals surface area contributed by atoms with Gasteiger partial charge >= 0.3 is 0 Å². The topological polar surface area (TPSA) is 42.7 Å². The molecule has 5 heteroatoms. The maximum atomic E-state index is 13.2. The van der Waals surface area contributed by atoms with Crippen LogP contribution in [0.2, 0.25) is 0 Å². The first-order valence-electron chi connectivity index (χ1n) is 8.27. The highest BCUT2D eigenvalue weighted by molar-refractivity contribution is 5.91. The van der Waals surface area contributed by atoms with Crippen LogP contribution in [0.15, 0.2) is 79.8 Å². The lowest BCUT2D eigenvalue weighted by molar-refractivity contribution is 0.627. The van der Waals surface area contributed by atoms with Gasteiger partial charge in [0.1, 0.15) is 5.82 Å². The SMILES string of the molecule is C=C(NCc1cccnc1)c1cccc2c1cnn2-c1ccc(F)cc1. The Morgan fingerprint density at radius 1 is 1.04 bits per heavy atom. The zero-order valence-corrected chi connectivity index (χ0v) is 14.1. The van der Waals surface area contributed by atoms with Crippen LogP contribution >= 0.6 is 0 Å². The van der Waals surface area contributed by atoms with Crippen LogP contribution in [0.4, 0.5) is 4.39 Å². The molecule has 0 radical (unpaired) electrons. The van der Waals surface area contributed by atoms with E-state index in [-0.39, 0.29) is 5.82 Å². The molecule has 0 saturated heterocycles. The van der Waals surface area contributed by atoms with Gasteiger partial charge in [-0.1, -0.05) is 24.8 Å². The molecule has 2 heterocycles. The molecule has 4 aromatic rings. The van der Waals surface area contributed by atoms with Crippen LogP contribution in [0.1, 0.15) is 11.1 Å². The van der Waals surface area contributed by atoms with Crippen molar-refractivity contribution < 1.29 is 4.39 Å². The van der Waals surface area contributed by atoms with E-state index in [9.17, 15) is 4.39 Å². The highest BCUT2D eigenvalue weighted by atomic mass is 19.1. The molecule has 0 unspecified atom stereocenters. The van der Waals surface area contributed by atoms with Gasteiger partial charge in [-0.15, -0.1) is 0 Å². The van der Waals surface area contributed by atoms with Crippen LogP contribution in [0.3, 0.4) is 0 Å². The van der Waals surface area contributed by atoms with Crippen LogP contribution in [0.5, 0.6) is 0 Å². The number of rotatable bonds is 5. The summed E-state index contributed by atoms with van der Waals surface area (Å²) in [5, 5.41) is 8.80. The third-order valence-corrected chi connectivity index (χ3v) is 4.24. The van der Waals surface area contributed by atoms with Crippen molar-refractivity contribution in [2.45, 2.75) is 6.54 Å². The molecule has 128 valence electrons. The standard InChI is InChI=1S/C21H17FN4/c1-15(24-13-16-4-3-11-23-12-16)19-5-2-6-21-20(19)14-25-26(21)18-9-7-17(22)8-10-18/h2-12,14,24H,1,13H2. The molecule has 0 atom stereocenters. The van der Waals surface area contributed by atoms with Gasteiger partial charge in [-0.2, -0.15) is 5.10 Å². The van der Waals surface area contributed by atoms with Crippen molar-refractivity contribution in [3.05, 3.63) is 96.7 Å². The largest absolute Gasteiger partial charge is 0.381 e. The van der Waals surface area contributed by atoms with Gasteiger partial charge in [-0.3, -0.25) is 4.98 Å². The molecular formula is C21H17FN4. The van der Waals surface area contributed by atoms with Crippen molar-refractivity contribution >= 4 is 16.6 Å². The van der Waals surface area contributed by atoms with Crippen LogP contribution in [-0.4, -0.2) is 14.8 Å². The second kappa shape index (κ2) is 6.80. The van der Waals surface area contributed by atoms with Gasteiger partial charge < -0.3 is 5.32 Å². The first-order chi connectivity index (χ1) is 12.7. The van der Waals surface area contributed by atoms with Gasteiger partial charge in [0, 0.05) is 35.6 Å². The van der Waals surface area contributed by atoms with E-state index in [2.05, 4.69) is 22.0 Å². The molecule has 2 aromatic carbocycles. The van der Waals surface area contributed by atoms with Gasteiger partial charge in [-0.25, -0.2) is 9.07 Å². The number of benzene rings is 2. The Kier molecular flexibility index (Phi) is 4.19. The number of hydrogen-bond donors (Lipinski definition) is 1. The molecule has 4 rings (SSSR count). The normalized spacial score (nSPS) is 10.8. The summed E-state index contributed by atoms with van der Waals surface area (Å²) in [6.45, 7) is 4.81. The van der Waals surface area contributed by atoms with Gasteiger partial charge in [0.2, 0.25) is 0 Å². The fourth-order valence-corrected chi connectivity index (χ4v) is 2.91. The van der Waals surface area contributed by atoms with Crippen molar-refractivity contribution in [3.63, 3.8) is 0 Å². The van der Waals surface area contributed by atoms with E-state index in [1.54, 1.807) is 23.0 Å². The average Bonchev–Trinajstić information content (AvgIpc) is 3.12. The molecule has 4 nitrogen and oxygen atoms in total. The van der Waals surface area contributed by atoms with E-state index in [1.165, 1.54) is 12.1 Å². The van der Waals surface area contributed by atoms with Gasteiger partial charge in [-0.05, 0) is 42.0 Å². The number of nitrogens with zero attached hydrogens (tertiary/aromatic N) is 3. The predicted octanol–water partition coefficient (Wildman–Crippen LogP) is 4.32. The summed E-state index contributed by atoms with van der Waals surface area (Å²) in [5.74, 6) is -0.265. The van der Waals surface area contributed by atoms with E-state index in [1.807, 2.05) is 42.7 Å². The second-order valence-corrected chi connectivity index (χ2v) is 5.96.